The van der Waals surface area contributed by atoms with E-state index in [2.05, 4.69) is 47.4 Å². The lowest BCUT2D eigenvalue weighted by Gasteiger charge is -2.19. The fourth-order valence-corrected chi connectivity index (χ4v) is 3.01. The van der Waals surface area contributed by atoms with Crippen LogP contribution in [-0.4, -0.2) is 39.3 Å². The number of likely N-dealkylation sites (N-methyl/N-ethyl adjacent to an activating group) is 1. The van der Waals surface area contributed by atoms with Crippen LogP contribution in [0.2, 0.25) is 0 Å². The molecule has 0 aliphatic rings. The zero-order valence-electron chi connectivity index (χ0n) is 15.2. The quantitative estimate of drug-likeness (QED) is 0.516. The van der Waals surface area contributed by atoms with Crippen molar-refractivity contribution in [2.75, 3.05) is 19.6 Å². The van der Waals surface area contributed by atoms with Gasteiger partial charge in [-0.1, -0.05) is 26.0 Å². The molecule has 134 valence electrons. The normalized spacial score (nSPS) is 11.5. The van der Waals surface area contributed by atoms with Gasteiger partial charge >= 0.3 is 0 Å². The summed E-state index contributed by atoms with van der Waals surface area (Å²) in [5, 5.41) is 8.61. The summed E-state index contributed by atoms with van der Waals surface area (Å²) in [5.41, 5.74) is 5.36. The van der Waals surface area contributed by atoms with Crippen molar-refractivity contribution in [3.8, 4) is 12.3 Å². The van der Waals surface area contributed by atoms with Gasteiger partial charge in [0.15, 0.2) is 0 Å². The van der Waals surface area contributed by atoms with E-state index in [9.17, 15) is 0 Å². The molecule has 25 heavy (non-hydrogen) atoms. The maximum absolute atomic E-state index is 8.61. The van der Waals surface area contributed by atoms with Crippen molar-refractivity contribution in [1.82, 2.24) is 19.9 Å². The van der Waals surface area contributed by atoms with Gasteiger partial charge in [0.1, 0.15) is 5.82 Å². The number of aryl methyl sites for hydroxylation is 1. The number of aromatic nitrogens is 2. The van der Waals surface area contributed by atoms with E-state index in [-0.39, 0.29) is 0 Å². The number of terminal acetylenes is 1. The lowest BCUT2D eigenvalue weighted by molar-refractivity contribution is 0.214. The maximum atomic E-state index is 8.61. The number of fused-ring (bicyclic) bond motifs is 1. The van der Waals surface area contributed by atoms with Gasteiger partial charge in [0.05, 0.1) is 11.0 Å². The van der Waals surface area contributed by atoms with E-state index in [4.69, 9.17) is 16.6 Å². The molecule has 1 aromatic heterocycles. The summed E-state index contributed by atoms with van der Waals surface area (Å²) in [6, 6.07) is 6.37. The summed E-state index contributed by atoms with van der Waals surface area (Å²) in [5.74, 6) is 3.78. The minimum absolute atomic E-state index is 0.701. The van der Waals surface area contributed by atoms with E-state index < -0.39 is 0 Å². The first-order valence-corrected chi connectivity index (χ1v) is 8.91. The van der Waals surface area contributed by atoms with Gasteiger partial charge in [0.2, 0.25) is 0 Å². The van der Waals surface area contributed by atoms with Crippen LogP contribution in [0.1, 0.15) is 31.7 Å². The maximum Gasteiger partial charge on any atom is 0.110 e. The van der Waals surface area contributed by atoms with Crippen LogP contribution in [0.15, 0.2) is 30.5 Å². The molecule has 0 atom stereocenters. The van der Waals surface area contributed by atoms with E-state index in [1.807, 2.05) is 11.6 Å². The number of hydrogen-bond acceptors (Lipinski definition) is 4. The van der Waals surface area contributed by atoms with Gasteiger partial charge in [0.25, 0.3) is 0 Å². The van der Waals surface area contributed by atoms with E-state index in [1.165, 1.54) is 6.20 Å². The summed E-state index contributed by atoms with van der Waals surface area (Å²) >= 11 is 0. The molecular formula is C20H28N4O. The standard InChI is InChI=1S/C20H28N4O/c1-4-7-10-20-22-18-16-17(9-8-13-21-25)11-12-19(18)24(20)15-14-23(5-2)6-3/h1,8,11-13,16,21,25H,5-7,9-10,14-15H2,2-3H3/b13-8+. The lowest BCUT2D eigenvalue weighted by atomic mass is 10.1. The molecule has 1 heterocycles. The molecule has 0 bridgehead atoms. The van der Waals surface area contributed by atoms with Crippen LogP contribution in [0.5, 0.6) is 0 Å². The Morgan fingerprint density at radius 1 is 1.36 bits per heavy atom. The number of nitrogens with one attached hydrogen (secondary N) is 1. The van der Waals surface area contributed by atoms with Crippen molar-refractivity contribution in [3.63, 3.8) is 0 Å². The van der Waals surface area contributed by atoms with E-state index >= 15 is 0 Å². The molecule has 0 aliphatic heterocycles. The average molecular weight is 340 g/mol. The molecule has 0 amide bonds. The van der Waals surface area contributed by atoms with Crippen molar-refractivity contribution >= 4 is 11.0 Å². The Balaban J connectivity index is 2.28. The van der Waals surface area contributed by atoms with Gasteiger partial charge in [-0.2, -0.15) is 0 Å². The van der Waals surface area contributed by atoms with E-state index in [0.717, 1.165) is 61.4 Å². The molecule has 2 N–H and O–H groups in total. The SMILES string of the molecule is C#CCCc1nc2cc(C/C=C/NO)ccc2n1CCN(CC)CC. The second-order valence-corrected chi connectivity index (χ2v) is 5.97. The second kappa shape index (κ2) is 9.87. The molecule has 2 aromatic rings. The fourth-order valence-electron chi connectivity index (χ4n) is 3.01. The Hall–Kier alpha value is -2.29. The van der Waals surface area contributed by atoms with Gasteiger partial charge < -0.3 is 9.47 Å². The first-order chi connectivity index (χ1) is 12.2. The molecule has 5 nitrogen and oxygen atoms in total. The highest BCUT2D eigenvalue weighted by Crippen LogP contribution is 2.20. The van der Waals surface area contributed by atoms with Gasteiger partial charge in [0, 0.05) is 32.1 Å². The van der Waals surface area contributed by atoms with Crippen LogP contribution in [-0.2, 0) is 19.4 Å². The first-order valence-electron chi connectivity index (χ1n) is 8.91. The summed E-state index contributed by atoms with van der Waals surface area (Å²) in [7, 11) is 0. The Morgan fingerprint density at radius 2 is 2.16 bits per heavy atom. The number of imidazole rings is 1. The molecule has 0 saturated carbocycles. The van der Waals surface area contributed by atoms with Crippen molar-refractivity contribution in [3.05, 3.63) is 41.9 Å². The Morgan fingerprint density at radius 3 is 2.84 bits per heavy atom. The number of rotatable bonds is 10. The van der Waals surface area contributed by atoms with E-state index in [0.29, 0.717) is 6.42 Å². The second-order valence-electron chi connectivity index (χ2n) is 5.97. The van der Waals surface area contributed by atoms with Crippen molar-refractivity contribution in [2.24, 2.45) is 0 Å². The van der Waals surface area contributed by atoms with Crippen LogP contribution >= 0.6 is 0 Å². The molecule has 0 radical (unpaired) electrons. The highest BCUT2D eigenvalue weighted by molar-refractivity contribution is 5.77. The van der Waals surface area contributed by atoms with Gasteiger partial charge in [-0.25, -0.2) is 4.98 Å². The van der Waals surface area contributed by atoms with Gasteiger partial charge in [-0.3, -0.25) is 10.7 Å². The fraction of sp³-hybridized carbons (Fsp3) is 0.450. The van der Waals surface area contributed by atoms with Crippen LogP contribution in [0.25, 0.3) is 11.0 Å². The Bertz CT molecular complexity index is 738. The molecule has 0 aliphatic carbocycles. The number of hydroxylamine groups is 1. The average Bonchev–Trinajstić information content (AvgIpc) is 2.98. The summed E-state index contributed by atoms with van der Waals surface area (Å²) in [6.07, 6.45) is 11.1. The topological polar surface area (TPSA) is 53.3 Å². The third-order valence-electron chi connectivity index (χ3n) is 4.46. The molecule has 0 saturated heterocycles. The minimum Gasteiger partial charge on any atom is -0.327 e. The van der Waals surface area contributed by atoms with Crippen LogP contribution in [0.4, 0.5) is 0 Å². The summed E-state index contributed by atoms with van der Waals surface area (Å²) < 4.78 is 2.31. The highest BCUT2D eigenvalue weighted by Gasteiger charge is 2.12. The molecular weight excluding hydrogens is 312 g/mol. The smallest absolute Gasteiger partial charge is 0.110 e. The van der Waals surface area contributed by atoms with E-state index in [1.54, 1.807) is 0 Å². The van der Waals surface area contributed by atoms with Crippen LogP contribution in [0.3, 0.4) is 0 Å². The third-order valence-corrected chi connectivity index (χ3v) is 4.46. The molecule has 0 unspecified atom stereocenters. The zero-order chi connectivity index (χ0) is 18.1. The number of allylic oxidation sites excluding steroid dienone is 1. The predicted octanol–water partition coefficient (Wildman–Crippen LogP) is 2.98. The molecule has 5 heteroatoms. The number of hydrogen-bond donors (Lipinski definition) is 2. The highest BCUT2D eigenvalue weighted by atomic mass is 16.5. The van der Waals surface area contributed by atoms with Crippen molar-refractivity contribution < 1.29 is 5.21 Å². The third kappa shape index (κ3) is 5.09. The number of nitrogens with zero attached hydrogens (tertiary/aromatic N) is 3. The Kier molecular flexibility index (Phi) is 7.52. The van der Waals surface area contributed by atoms with Gasteiger partial charge in [-0.05, 0) is 37.2 Å². The Labute approximate surface area is 150 Å². The summed E-state index contributed by atoms with van der Waals surface area (Å²) in [4.78, 5) is 7.24. The van der Waals surface area contributed by atoms with Gasteiger partial charge in [-0.15, -0.1) is 12.3 Å². The van der Waals surface area contributed by atoms with Crippen molar-refractivity contribution in [2.45, 2.75) is 39.7 Å². The largest absolute Gasteiger partial charge is 0.327 e. The molecule has 0 spiro atoms. The van der Waals surface area contributed by atoms with Crippen LogP contribution in [0, 0.1) is 12.3 Å². The lowest BCUT2D eigenvalue weighted by Crippen LogP contribution is -2.27. The van der Waals surface area contributed by atoms with Crippen LogP contribution < -0.4 is 5.48 Å². The number of benzene rings is 1. The molecule has 2 rings (SSSR count). The molecule has 0 fully saturated rings. The minimum atomic E-state index is 0.701. The van der Waals surface area contributed by atoms with Crippen molar-refractivity contribution in [1.29, 1.82) is 0 Å². The monoisotopic (exact) mass is 340 g/mol. The predicted molar refractivity (Wildman–Crippen MR) is 102 cm³/mol. The molecule has 1 aromatic carbocycles. The zero-order valence-corrected chi connectivity index (χ0v) is 15.2. The summed E-state index contributed by atoms with van der Waals surface area (Å²) in [6.45, 7) is 8.42. The first kappa shape index (κ1) is 19.0.